The standard InChI is InChI=1S/C13H16N2O/c1-11(14-7-3-4-8-14)13(16)12(2)15-9-5-6-10-15/h3-12H,1-2H3. The van der Waals surface area contributed by atoms with E-state index in [2.05, 4.69) is 0 Å². The van der Waals surface area contributed by atoms with Gasteiger partial charge in [-0.3, -0.25) is 4.79 Å². The molecule has 0 aliphatic carbocycles. The topological polar surface area (TPSA) is 26.9 Å². The first-order valence-electron chi connectivity index (χ1n) is 5.49. The number of hydrogen-bond donors (Lipinski definition) is 0. The third-order valence-electron chi connectivity index (χ3n) is 2.97. The van der Waals surface area contributed by atoms with E-state index in [0.29, 0.717) is 0 Å². The summed E-state index contributed by atoms with van der Waals surface area (Å²) in [5.74, 6) is 0.215. The van der Waals surface area contributed by atoms with E-state index in [1.807, 2.05) is 72.0 Å². The van der Waals surface area contributed by atoms with Crippen molar-refractivity contribution in [2.45, 2.75) is 25.9 Å². The fraction of sp³-hybridized carbons (Fsp3) is 0.308. The Hall–Kier alpha value is -1.77. The highest BCUT2D eigenvalue weighted by atomic mass is 16.1. The Bertz CT molecular complexity index is 400. The van der Waals surface area contributed by atoms with Crippen molar-refractivity contribution in [1.29, 1.82) is 0 Å². The summed E-state index contributed by atoms with van der Waals surface area (Å²) in [6, 6.07) is 7.50. The SMILES string of the molecule is CC(C(=O)C(C)n1cccc1)n1cccc1. The fourth-order valence-corrected chi connectivity index (χ4v) is 1.85. The highest BCUT2D eigenvalue weighted by molar-refractivity contribution is 5.85. The van der Waals surface area contributed by atoms with Gasteiger partial charge in [0.1, 0.15) is 0 Å². The van der Waals surface area contributed by atoms with Crippen molar-refractivity contribution in [2.24, 2.45) is 0 Å². The summed E-state index contributed by atoms with van der Waals surface area (Å²) in [6.45, 7) is 3.87. The van der Waals surface area contributed by atoms with Crippen LogP contribution in [0.5, 0.6) is 0 Å². The van der Waals surface area contributed by atoms with E-state index in [-0.39, 0.29) is 17.9 Å². The molecule has 0 aromatic carbocycles. The molecule has 0 saturated heterocycles. The summed E-state index contributed by atoms with van der Waals surface area (Å²) in [5, 5.41) is 0. The van der Waals surface area contributed by atoms with Crippen LogP contribution in [0.2, 0.25) is 0 Å². The molecule has 0 saturated carbocycles. The van der Waals surface area contributed by atoms with Crippen LogP contribution in [0.25, 0.3) is 0 Å². The Labute approximate surface area is 95.3 Å². The third kappa shape index (κ3) is 1.94. The molecule has 0 aliphatic heterocycles. The first kappa shape index (κ1) is 10.7. The van der Waals surface area contributed by atoms with E-state index < -0.39 is 0 Å². The van der Waals surface area contributed by atoms with Crippen LogP contribution in [0.1, 0.15) is 25.9 Å². The second-order valence-electron chi connectivity index (χ2n) is 4.01. The number of nitrogens with zero attached hydrogens (tertiary/aromatic N) is 2. The third-order valence-corrected chi connectivity index (χ3v) is 2.97. The van der Waals surface area contributed by atoms with E-state index in [1.165, 1.54) is 0 Å². The zero-order valence-corrected chi connectivity index (χ0v) is 9.58. The predicted octanol–water partition coefficient (Wildman–Crippen LogP) is 2.68. The normalized spacial score (nSPS) is 14.6. The molecule has 3 nitrogen and oxygen atoms in total. The van der Waals surface area contributed by atoms with Crippen molar-refractivity contribution in [3.63, 3.8) is 0 Å². The van der Waals surface area contributed by atoms with Gasteiger partial charge >= 0.3 is 0 Å². The molecule has 0 aliphatic rings. The van der Waals surface area contributed by atoms with Crippen molar-refractivity contribution in [2.75, 3.05) is 0 Å². The quantitative estimate of drug-likeness (QED) is 0.772. The zero-order chi connectivity index (χ0) is 11.5. The first-order valence-corrected chi connectivity index (χ1v) is 5.49. The van der Waals surface area contributed by atoms with Gasteiger partial charge in [0, 0.05) is 24.8 Å². The van der Waals surface area contributed by atoms with Crippen molar-refractivity contribution < 1.29 is 4.79 Å². The fourth-order valence-electron chi connectivity index (χ4n) is 1.85. The number of aromatic nitrogens is 2. The average molecular weight is 216 g/mol. The monoisotopic (exact) mass is 216 g/mol. The van der Waals surface area contributed by atoms with Crippen LogP contribution in [-0.4, -0.2) is 14.9 Å². The van der Waals surface area contributed by atoms with Crippen LogP contribution in [0, 0.1) is 0 Å². The van der Waals surface area contributed by atoms with Gasteiger partial charge in [-0.1, -0.05) is 0 Å². The maximum atomic E-state index is 12.2. The molecule has 0 spiro atoms. The molecule has 2 heterocycles. The van der Waals surface area contributed by atoms with Gasteiger partial charge in [0.2, 0.25) is 0 Å². The highest BCUT2D eigenvalue weighted by Crippen LogP contribution is 2.17. The van der Waals surface area contributed by atoms with Crippen molar-refractivity contribution in [3.05, 3.63) is 49.1 Å². The van der Waals surface area contributed by atoms with Gasteiger partial charge in [0.15, 0.2) is 5.78 Å². The Balaban J connectivity index is 2.14. The number of carbonyl (C=O) groups excluding carboxylic acids is 1. The number of Topliss-reactive ketones (excluding diaryl/α,β-unsaturated/α-hetero) is 1. The van der Waals surface area contributed by atoms with Gasteiger partial charge in [0.25, 0.3) is 0 Å². The summed E-state index contributed by atoms with van der Waals surface area (Å²) in [6.07, 6.45) is 7.69. The molecule has 0 N–H and O–H groups in total. The molecule has 0 amide bonds. The number of hydrogen-bond acceptors (Lipinski definition) is 1. The number of rotatable bonds is 4. The van der Waals surface area contributed by atoms with Crippen LogP contribution in [0.15, 0.2) is 49.1 Å². The predicted molar refractivity (Wildman–Crippen MR) is 63.3 cm³/mol. The largest absolute Gasteiger partial charge is 0.344 e. The minimum atomic E-state index is -0.118. The van der Waals surface area contributed by atoms with Crippen molar-refractivity contribution in [1.82, 2.24) is 9.13 Å². The Morgan fingerprint density at radius 3 is 1.44 bits per heavy atom. The summed E-state index contributed by atoms with van der Waals surface area (Å²) < 4.78 is 3.87. The van der Waals surface area contributed by atoms with Crippen LogP contribution in [0.4, 0.5) is 0 Å². The molecular formula is C13H16N2O. The van der Waals surface area contributed by atoms with Crippen LogP contribution >= 0.6 is 0 Å². The van der Waals surface area contributed by atoms with Gasteiger partial charge in [-0.15, -0.1) is 0 Å². The molecular weight excluding hydrogens is 200 g/mol. The molecule has 16 heavy (non-hydrogen) atoms. The summed E-state index contributed by atoms with van der Waals surface area (Å²) >= 11 is 0. The average Bonchev–Trinajstić information content (AvgIpc) is 2.97. The number of ketones is 1. The zero-order valence-electron chi connectivity index (χ0n) is 9.58. The molecule has 2 rings (SSSR count). The van der Waals surface area contributed by atoms with Crippen LogP contribution in [0.3, 0.4) is 0 Å². The lowest BCUT2D eigenvalue weighted by atomic mass is 10.1. The summed E-state index contributed by atoms with van der Waals surface area (Å²) in [7, 11) is 0. The van der Waals surface area contributed by atoms with E-state index in [1.54, 1.807) is 0 Å². The van der Waals surface area contributed by atoms with Gasteiger partial charge in [0.05, 0.1) is 12.1 Å². The molecule has 2 aromatic heterocycles. The smallest absolute Gasteiger partial charge is 0.177 e. The Morgan fingerprint density at radius 2 is 1.12 bits per heavy atom. The first-order chi connectivity index (χ1) is 7.70. The minimum Gasteiger partial charge on any atom is -0.344 e. The Morgan fingerprint density at radius 1 is 0.812 bits per heavy atom. The van der Waals surface area contributed by atoms with E-state index >= 15 is 0 Å². The maximum Gasteiger partial charge on any atom is 0.177 e. The van der Waals surface area contributed by atoms with Gasteiger partial charge < -0.3 is 9.13 Å². The summed E-state index contributed by atoms with van der Waals surface area (Å²) in [4.78, 5) is 12.2. The lowest BCUT2D eigenvalue weighted by Crippen LogP contribution is -2.23. The van der Waals surface area contributed by atoms with E-state index in [9.17, 15) is 4.79 Å². The molecule has 2 atom stereocenters. The van der Waals surface area contributed by atoms with Crippen LogP contribution in [-0.2, 0) is 4.79 Å². The van der Waals surface area contributed by atoms with Gasteiger partial charge in [-0.25, -0.2) is 0 Å². The molecule has 2 aromatic rings. The van der Waals surface area contributed by atoms with Crippen molar-refractivity contribution >= 4 is 5.78 Å². The van der Waals surface area contributed by atoms with Crippen molar-refractivity contribution in [3.8, 4) is 0 Å². The molecule has 0 radical (unpaired) electrons. The van der Waals surface area contributed by atoms with E-state index in [4.69, 9.17) is 0 Å². The minimum absolute atomic E-state index is 0.118. The second-order valence-corrected chi connectivity index (χ2v) is 4.01. The second kappa shape index (κ2) is 4.39. The van der Waals surface area contributed by atoms with Gasteiger partial charge in [-0.2, -0.15) is 0 Å². The molecule has 0 bridgehead atoms. The highest BCUT2D eigenvalue weighted by Gasteiger charge is 2.21. The van der Waals surface area contributed by atoms with Gasteiger partial charge in [-0.05, 0) is 38.1 Å². The Kier molecular flexibility index (Phi) is 2.95. The lowest BCUT2D eigenvalue weighted by Gasteiger charge is -2.19. The summed E-state index contributed by atoms with van der Waals surface area (Å²) in [5.41, 5.74) is 0. The maximum absolute atomic E-state index is 12.2. The van der Waals surface area contributed by atoms with E-state index in [0.717, 1.165) is 0 Å². The van der Waals surface area contributed by atoms with Crippen LogP contribution < -0.4 is 0 Å². The molecule has 2 unspecified atom stereocenters. The molecule has 0 fully saturated rings. The number of carbonyl (C=O) groups is 1. The molecule has 84 valence electrons. The lowest BCUT2D eigenvalue weighted by molar-refractivity contribution is -0.124. The molecule has 3 heteroatoms.